The monoisotopic (exact) mass is 320 g/mol. The van der Waals surface area contributed by atoms with Gasteiger partial charge in [0.1, 0.15) is 0 Å². The van der Waals surface area contributed by atoms with Crippen LogP contribution in [-0.4, -0.2) is 78.4 Å². The van der Waals surface area contributed by atoms with Crippen LogP contribution in [0, 0.1) is 5.92 Å². The van der Waals surface area contributed by atoms with E-state index < -0.39 is 33.3 Å². The van der Waals surface area contributed by atoms with E-state index in [9.17, 15) is 23.4 Å². The molecule has 1 aliphatic heterocycles. The molecular formula is C13H24N2O5S. The normalized spacial score (nSPS) is 34.7. The van der Waals surface area contributed by atoms with Crippen LogP contribution in [-0.2, 0) is 14.8 Å². The molecule has 2 rings (SSSR count). The van der Waals surface area contributed by atoms with Crippen LogP contribution in [0.4, 0.5) is 0 Å². The molecule has 122 valence electrons. The van der Waals surface area contributed by atoms with Crippen LogP contribution < -0.4 is 0 Å². The first kappa shape index (κ1) is 16.7. The van der Waals surface area contributed by atoms with Crippen molar-refractivity contribution in [3.05, 3.63) is 0 Å². The highest BCUT2D eigenvalue weighted by Crippen LogP contribution is 2.36. The van der Waals surface area contributed by atoms with E-state index in [1.54, 1.807) is 0 Å². The van der Waals surface area contributed by atoms with E-state index in [4.69, 9.17) is 0 Å². The highest BCUT2D eigenvalue weighted by molar-refractivity contribution is 7.89. The number of rotatable bonds is 5. The van der Waals surface area contributed by atoms with Crippen molar-refractivity contribution in [1.29, 1.82) is 0 Å². The van der Waals surface area contributed by atoms with Gasteiger partial charge in [-0.2, -0.15) is 4.31 Å². The van der Waals surface area contributed by atoms with Gasteiger partial charge in [0, 0.05) is 19.1 Å². The van der Waals surface area contributed by atoms with Gasteiger partial charge >= 0.3 is 5.97 Å². The van der Waals surface area contributed by atoms with Crippen LogP contribution in [0.1, 0.15) is 25.7 Å². The molecule has 0 spiro atoms. The van der Waals surface area contributed by atoms with E-state index in [2.05, 4.69) is 0 Å². The number of hydrogen-bond donors (Lipinski definition) is 2. The molecule has 0 aromatic heterocycles. The summed E-state index contributed by atoms with van der Waals surface area (Å²) in [5.74, 6) is -1.86. The van der Waals surface area contributed by atoms with Gasteiger partial charge in [-0.15, -0.1) is 0 Å². The summed E-state index contributed by atoms with van der Waals surface area (Å²) in [6.07, 6.45) is 1.15. The Bertz CT molecular complexity index is 493. The summed E-state index contributed by atoms with van der Waals surface area (Å²) in [5.41, 5.74) is 0. The molecule has 1 saturated carbocycles. The number of aliphatic hydroxyl groups is 1. The second-order valence-corrected chi connectivity index (χ2v) is 8.44. The van der Waals surface area contributed by atoms with Crippen molar-refractivity contribution in [1.82, 2.24) is 9.21 Å². The minimum absolute atomic E-state index is 0.0731. The molecule has 1 saturated heterocycles. The first-order valence-electron chi connectivity index (χ1n) is 7.29. The number of sulfonamides is 1. The van der Waals surface area contributed by atoms with Gasteiger partial charge in [-0.05, 0) is 33.4 Å². The van der Waals surface area contributed by atoms with Crippen molar-refractivity contribution in [3.63, 3.8) is 0 Å². The summed E-state index contributed by atoms with van der Waals surface area (Å²) in [4.78, 5) is 13.1. The number of carboxylic acids is 1. The van der Waals surface area contributed by atoms with Crippen molar-refractivity contribution in [2.24, 2.45) is 5.92 Å². The van der Waals surface area contributed by atoms with Crippen molar-refractivity contribution >= 4 is 16.0 Å². The van der Waals surface area contributed by atoms with Crippen LogP contribution in [0.25, 0.3) is 0 Å². The Kier molecular flexibility index (Phi) is 4.92. The van der Waals surface area contributed by atoms with Gasteiger partial charge < -0.3 is 15.1 Å². The average molecular weight is 320 g/mol. The third-order valence-electron chi connectivity index (χ3n) is 4.40. The predicted octanol–water partition coefficient (Wildman–Crippen LogP) is -0.434. The van der Waals surface area contributed by atoms with Crippen molar-refractivity contribution < 1.29 is 23.4 Å². The summed E-state index contributed by atoms with van der Waals surface area (Å²) >= 11 is 0. The van der Waals surface area contributed by atoms with E-state index in [1.807, 2.05) is 19.0 Å². The summed E-state index contributed by atoms with van der Waals surface area (Å²) in [6, 6.07) is -0.282. The lowest BCUT2D eigenvalue weighted by molar-refractivity contribution is -0.141. The zero-order valence-electron chi connectivity index (χ0n) is 12.5. The predicted molar refractivity (Wildman–Crippen MR) is 77.4 cm³/mol. The molecule has 4 atom stereocenters. The maximum absolute atomic E-state index is 12.8. The molecule has 1 heterocycles. The molecular weight excluding hydrogens is 296 g/mol. The maximum atomic E-state index is 12.8. The number of carbonyl (C=O) groups is 1. The minimum Gasteiger partial charge on any atom is -0.481 e. The fraction of sp³-hybridized carbons (Fsp3) is 0.923. The number of aliphatic hydroxyl groups excluding tert-OH is 1. The zero-order chi connectivity index (χ0) is 15.8. The summed E-state index contributed by atoms with van der Waals surface area (Å²) in [5, 5.41) is 18.2. The van der Waals surface area contributed by atoms with Crippen LogP contribution in [0.2, 0.25) is 0 Å². The third kappa shape index (κ3) is 3.39. The molecule has 2 fully saturated rings. The molecule has 8 heteroatoms. The van der Waals surface area contributed by atoms with Crippen LogP contribution >= 0.6 is 0 Å². The average Bonchev–Trinajstić information content (AvgIpc) is 2.95. The molecule has 21 heavy (non-hydrogen) atoms. The van der Waals surface area contributed by atoms with Crippen molar-refractivity contribution in [2.45, 2.75) is 43.1 Å². The molecule has 7 nitrogen and oxygen atoms in total. The number of hydrogen-bond acceptors (Lipinski definition) is 5. The van der Waals surface area contributed by atoms with Gasteiger partial charge in [0.05, 0.1) is 17.3 Å². The van der Waals surface area contributed by atoms with Gasteiger partial charge in [-0.1, -0.05) is 6.42 Å². The number of likely N-dealkylation sites (N-methyl/N-ethyl adjacent to an activating group) is 1. The lowest BCUT2D eigenvalue weighted by atomic mass is 10.1. The Balaban J connectivity index is 2.23. The highest BCUT2D eigenvalue weighted by atomic mass is 32.2. The van der Waals surface area contributed by atoms with Crippen LogP contribution in [0.3, 0.4) is 0 Å². The van der Waals surface area contributed by atoms with Gasteiger partial charge in [-0.3, -0.25) is 4.79 Å². The fourth-order valence-corrected chi connectivity index (χ4v) is 5.93. The smallest absolute Gasteiger partial charge is 0.307 e. The lowest BCUT2D eigenvalue weighted by Crippen LogP contribution is -2.47. The number of carboxylic acid groups (broad SMARTS) is 1. The Labute approximate surface area is 125 Å². The zero-order valence-corrected chi connectivity index (χ0v) is 13.3. The Morgan fingerprint density at radius 2 is 2.00 bits per heavy atom. The topological polar surface area (TPSA) is 98.2 Å². The van der Waals surface area contributed by atoms with E-state index in [1.165, 1.54) is 4.31 Å². The SMILES string of the molecule is CN(C)CC1CC(O)CN1S(=O)(=O)C1CCCC1C(=O)O. The minimum atomic E-state index is -3.69. The van der Waals surface area contributed by atoms with E-state index in [0.29, 0.717) is 32.2 Å². The fourth-order valence-electron chi connectivity index (χ4n) is 3.50. The van der Waals surface area contributed by atoms with Gasteiger partial charge in [0.15, 0.2) is 0 Å². The van der Waals surface area contributed by atoms with E-state index in [-0.39, 0.29) is 12.6 Å². The molecule has 4 unspecified atom stereocenters. The quantitative estimate of drug-likeness (QED) is 0.713. The van der Waals surface area contributed by atoms with Crippen molar-refractivity contribution in [2.75, 3.05) is 27.2 Å². The number of β-amino-alcohol motifs (C(OH)–C–C–N with tert-alkyl or cyclic N) is 1. The third-order valence-corrected chi connectivity index (χ3v) is 6.83. The molecule has 0 amide bonds. The first-order valence-corrected chi connectivity index (χ1v) is 8.80. The summed E-state index contributed by atoms with van der Waals surface area (Å²) < 4.78 is 27.0. The Morgan fingerprint density at radius 1 is 1.33 bits per heavy atom. The van der Waals surface area contributed by atoms with Gasteiger partial charge in [0.25, 0.3) is 0 Å². The van der Waals surface area contributed by atoms with Crippen LogP contribution in [0.5, 0.6) is 0 Å². The lowest BCUT2D eigenvalue weighted by Gasteiger charge is -2.30. The summed E-state index contributed by atoms with van der Waals surface area (Å²) in [7, 11) is 0.0101. The first-order chi connectivity index (χ1) is 9.73. The van der Waals surface area contributed by atoms with Crippen molar-refractivity contribution in [3.8, 4) is 0 Å². The Morgan fingerprint density at radius 3 is 2.57 bits per heavy atom. The molecule has 0 radical (unpaired) electrons. The second-order valence-electron chi connectivity index (χ2n) is 6.33. The molecule has 0 aromatic rings. The molecule has 0 bridgehead atoms. The van der Waals surface area contributed by atoms with Crippen LogP contribution in [0.15, 0.2) is 0 Å². The molecule has 0 aromatic carbocycles. The second kappa shape index (κ2) is 6.20. The number of aliphatic carboxylic acids is 1. The highest BCUT2D eigenvalue weighted by Gasteiger charge is 2.48. The molecule has 2 aliphatic rings. The van der Waals surface area contributed by atoms with Gasteiger partial charge in [0.2, 0.25) is 10.0 Å². The molecule has 2 N–H and O–H groups in total. The standard InChI is InChI=1S/C13H24N2O5S/c1-14(2)7-9-6-10(16)8-15(9)21(19,20)12-5-3-4-11(12)13(17)18/h9-12,16H,3-8H2,1-2H3,(H,17,18). The molecule has 1 aliphatic carbocycles. The Hall–Kier alpha value is -0.700. The van der Waals surface area contributed by atoms with E-state index in [0.717, 1.165) is 0 Å². The summed E-state index contributed by atoms with van der Waals surface area (Å²) in [6.45, 7) is 0.602. The van der Waals surface area contributed by atoms with E-state index >= 15 is 0 Å². The largest absolute Gasteiger partial charge is 0.481 e. The maximum Gasteiger partial charge on any atom is 0.307 e. The number of nitrogens with zero attached hydrogens (tertiary/aromatic N) is 2. The van der Waals surface area contributed by atoms with Gasteiger partial charge in [-0.25, -0.2) is 8.42 Å².